The van der Waals surface area contributed by atoms with E-state index in [0.717, 1.165) is 49.9 Å². The largest absolute Gasteiger partial charge is 2.00 e. The van der Waals surface area contributed by atoms with Gasteiger partial charge < -0.3 is 24.8 Å². The van der Waals surface area contributed by atoms with Crippen LogP contribution >= 0.6 is 0 Å². The third-order valence-corrected chi connectivity index (χ3v) is 9.15. The number of rotatable bonds is 22. The van der Waals surface area contributed by atoms with E-state index in [9.17, 15) is 0 Å². The van der Waals surface area contributed by atoms with Gasteiger partial charge >= 0.3 is 18.6 Å². The molecule has 0 aliphatic heterocycles. The minimum Gasteiger partial charge on any atom is -1.00 e. The van der Waals surface area contributed by atoms with Crippen molar-refractivity contribution in [3.05, 3.63) is 86.7 Å². The Balaban J connectivity index is 0.00000800. The molecule has 275 valence electrons. The first-order valence-corrected chi connectivity index (χ1v) is 19.3. The smallest absolute Gasteiger partial charge is 1.00 e. The molecule has 0 bridgehead atoms. The van der Waals surface area contributed by atoms with Crippen LogP contribution in [0, 0.1) is 6.92 Å². The number of aromatic nitrogens is 1. The minimum atomic E-state index is 0. The zero-order chi connectivity index (χ0) is 33.9. The van der Waals surface area contributed by atoms with E-state index in [1.807, 2.05) is 12.4 Å². The van der Waals surface area contributed by atoms with E-state index in [1.54, 1.807) is 0 Å². The summed E-state index contributed by atoms with van der Waals surface area (Å²) in [6.07, 6.45) is 25.1. The molecule has 0 saturated carbocycles. The molecule has 50 heavy (non-hydrogen) atoms. The van der Waals surface area contributed by atoms with Gasteiger partial charge in [0.1, 0.15) is 0 Å². The Hall–Kier alpha value is -1.91. The maximum Gasteiger partial charge on any atom is 2.00 e. The van der Waals surface area contributed by atoms with Crippen LogP contribution in [0.3, 0.4) is 0 Å². The van der Waals surface area contributed by atoms with Gasteiger partial charge in [-0.1, -0.05) is 104 Å². The Morgan fingerprint density at radius 3 is 1.02 bits per heavy atom. The summed E-state index contributed by atoms with van der Waals surface area (Å²) in [7, 11) is 0. The average molecular weight is 758 g/mol. The first-order valence-electron chi connectivity index (χ1n) is 19.3. The van der Waals surface area contributed by atoms with Crippen molar-refractivity contribution in [1.82, 2.24) is 4.98 Å². The Bertz CT molecular complexity index is 1270. The van der Waals surface area contributed by atoms with Gasteiger partial charge in [0.2, 0.25) is 0 Å². The van der Waals surface area contributed by atoms with E-state index in [4.69, 9.17) is 15.0 Å². The van der Waals surface area contributed by atoms with Gasteiger partial charge in [-0.3, -0.25) is 9.98 Å². The van der Waals surface area contributed by atoms with E-state index in [0.29, 0.717) is 0 Å². The van der Waals surface area contributed by atoms with Gasteiger partial charge in [-0.2, -0.15) is 0 Å². The van der Waals surface area contributed by atoms with Crippen molar-refractivity contribution in [3.63, 3.8) is 0 Å². The number of pyridine rings is 1. The molecule has 0 aliphatic rings. The van der Waals surface area contributed by atoms with Crippen LogP contribution in [-0.2, 0) is 57.1 Å². The molecule has 0 saturated heterocycles. The van der Waals surface area contributed by atoms with Crippen molar-refractivity contribution in [3.8, 4) is 0 Å². The molecular weight excluding hydrogens is 692 g/mol. The van der Waals surface area contributed by atoms with Gasteiger partial charge in [-0.05, 0) is 135 Å². The molecule has 2 aromatic carbocycles. The average Bonchev–Trinajstić information content (AvgIpc) is 3.07. The van der Waals surface area contributed by atoms with Crippen LogP contribution in [0.1, 0.15) is 169 Å². The number of hydrogen-bond donors (Lipinski definition) is 0. The van der Waals surface area contributed by atoms with Gasteiger partial charge in [0.25, 0.3) is 0 Å². The number of aliphatic imine (C=N–C) groups is 2. The third-order valence-electron chi connectivity index (χ3n) is 9.15. The number of unbranched alkanes of at least 4 members (excludes halogenated alkanes) is 6. The van der Waals surface area contributed by atoms with Gasteiger partial charge in [0, 0.05) is 0 Å². The van der Waals surface area contributed by atoms with Gasteiger partial charge in [0.15, 0.2) is 0 Å². The van der Waals surface area contributed by atoms with Gasteiger partial charge in [-0.25, -0.2) is 4.98 Å². The first-order chi connectivity index (χ1) is 23.0. The van der Waals surface area contributed by atoms with E-state index in [2.05, 4.69) is 84.9 Å². The van der Waals surface area contributed by atoms with Crippen molar-refractivity contribution in [2.24, 2.45) is 9.98 Å². The number of nitrogens with zero attached hydrogens (tertiary/aromatic N) is 3. The molecule has 1 heterocycles. The molecule has 3 rings (SSSR count). The minimum absolute atomic E-state index is 0. The Morgan fingerprint density at radius 1 is 0.460 bits per heavy atom. The topological polar surface area (TPSA) is 37.6 Å². The van der Waals surface area contributed by atoms with Crippen LogP contribution in [0.4, 0.5) is 11.4 Å². The van der Waals surface area contributed by atoms with Crippen LogP contribution < -0.4 is 24.8 Å². The van der Waals surface area contributed by atoms with Crippen LogP contribution in [0.5, 0.6) is 0 Å². The fraction of sp³-hybridized carbons (Fsp3) is 0.568. The standard InChI is InChI=1S/C44H65N3.2ClH.V/c1-8-14-20-35-28-37(22-16-10-3)43(38(29-35)23-17-11-4)45-32-41-26-34(7)27-42(47-41)33-46-44-39(24-18-12-5)30-36(21-15-9-2)31-40(44)25-19-13-6;;;/h26-33H,8-25H2,1-7H3;2*1H;/q;;;+2/p-2. The molecule has 0 spiro atoms. The summed E-state index contributed by atoms with van der Waals surface area (Å²) in [6.45, 7) is 15.8. The van der Waals surface area contributed by atoms with Crippen LogP contribution in [0.25, 0.3) is 0 Å². The Kier molecular flexibility index (Phi) is 26.7. The molecule has 3 nitrogen and oxygen atoms in total. The Morgan fingerprint density at radius 2 is 0.740 bits per heavy atom. The molecule has 0 fully saturated rings. The molecule has 0 unspecified atom stereocenters. The number of benzene rings is 2. The summed E-state index contributed by atoms with van der Waals surface area (Å²) < 4.78 is 0. The van der Waals surface area contributed by atoms with Crippen molar-refractivity contribution in [2.75, 3.05) is 0 Å². The van der Waals surface area contributed by atoms with Crippen molar-refractivity contribution >= 4 is 23.8 Å². The molecule has 1 radical (unpaired) electrons. The maximum absolute atomic E-state index is 5.20. The van der Waals surface area contributed by atoms with Crippen molar-refractivity contribution in [2.45, 2.75) is 164 Å². The monoisotopic (exact) mass is 756 g/mol. The van der Waals surface area contributed by atoms with Crippen molar-refractivity contribution in [1.29, 1.82) is 0 Å². The zero-order valence-corrected chi connectivity index (χ0v) is 35.3. The molecule has 1 aromatic heterocycles. The second-order valence-electron chi connectivity index (χ2n) is 13.7. The second-order valence-corrected chi connectivity index (χ2v) is 13.7. The summed E-state index contributed by atoms with van der Waals surface area (Å²) in [5.41, 5.74) is 13.9. The molecule has 0 amide bonds. The van der Waals surface area contributed by atoms with E-state index >= 15 is 0 Å². The van der Waals surface area contributed by atoms with Crippen LogP contribution in [-0.4, -0.2) is 17.4 Å². The van der Waals surface area contributed by atoms with Crippen LogP contribution in [0.15, 0.2) is 46.4 Å². The quantitative estimate of drug-likeness (QED) is 0.102. The summed E-state index contributed by atoms with van der Waals surface area (Å²) >= 11 is 0. The maximum atomic E-state index is 5.20. The number of hydrogen-bond acceptors (Lipinski definition) is 3. The Labute approximate surface area is 331 Å². The van der Waals surface area contributed by atoms with Gasteiger partial charge in [0.05, 0.1) is 35.2 Å². The predicted octanol–water partition coefficient (Wildman–Crippen LogP) is 6.95. The second kappa shape index (κ2) is 27.7. The summed E-state index contributed by atoms with van der Waals surface area (Å²) in [5.74, 6) is 0. The first kappa shape index (κ1) is 48.1. The zero-order valence-electron chi connectivity index (χ0n) is 32.4. The van der Waals surface area contributed by atoms with Crippen LogP contribution in [0.2, 0.25) is 0 Å². The molecule has 3 aromatic rings. The summed E-state index contributed by atoms with van der Waals surface area (Å²) in [5, 5.41) is 0. The van der Waals surface area contributed by atoms with E-state index < -0.39 is 0 Å². The molecular formula is C44H65Cl2N3V. The SMILES string of the molecule is CCCCc1cc(CCCC)c(N=Cc2cc(C)cc(C=Nc3c(CCCC)cc(CCCC)cc3CCCC)n2)c(CCCC)c1.[Cl-].[Cl-].[V+2]. The van der Waals surface area contributed by atoms with Gasteiger partial charge in [-0.15, -0.1) is 0 Å². The molecule has 0 aliphatic carbocycles. The number of halogens is 2. The predicted molar refractivity (Wildman–Crippen MR) is 208 cm³/mol. The molecule has 0 N–H and O–H groups in total. The summed E-state index contributed by atoms with van der Waals surface area (Å²) in [6, 6.07) is 14.1. The fourth-order valence-electron chi connectivity index (χ4n) is 6.39. The normalized spacial score (nSPS) is 11.1. The van der Waals surface area contributed by atoms with Crippen molar-refractivity contribution < 1.29 is 43.4 Å². The molecule has 0 atom stereocenters. The summed E-state index contributed by atoms with van der Waals surface area (Å²) in [4.78, 5) is 15.5. The number of aryl methyl sites for hydroxylation is 7. The molecule has 6 heteroatoms. The fourth-order valence-corrected chi connectivity index (χ4v) is 6.39. The van der Waals surface area contributed by atoms with E-state index in [1.165, 1.54) is 127 Å². The van der Waals surface area contributed by atoms with E-state index in [-0.39, 0.29) is 43.4 Å². The third kappa shape index (κ3) is 16.2.